The Bertz CT molecular complexity index is 859. The SMILES string of the molecule is CCC(C)C(NC(=O)C(N)C(C)O)C(=O)NC(Cc1cnc[nH]1)C(=O)NC(CC(=O)O)C(=O)O. The number of carbonyl (C=O) groups excluding carboxylic acids is 3. The Labute approximate surface area is 195 Å². The van der Waals surface area contributed by atoms with Gasteiger partial charge in [0, 0.05) is 18.3 Å². The summed E-state index contributed by atoms with van der Waals surface area (Å²) < 4.78 is 0. The molecule has 1 rings (SSSR count). The third kappa shape index (κ3) is 8.78. The number of carbonyl (C=O) groups is 5. The largest absolute Gasteiger partial charge is 0.481 e. The summed E-state index contributed by atoms with van der Waals surface area (Å²) in [5, 5.41) is 34.7. The maximum absolute atomic E-state index is 13.1. The van der Waals surface area contributed by atoms with Crippen molar-refractivity contribution in [2.75, 3.05) is 0 Å². The first-order valence-electron chi connectivity index (χ1n) is 10.6. The Morgan fingerprint density at radius 1 is 1.03 bits per heavy atom. The van der Waals surface area contributed by atoms with E-state index in [9.17, 15) is 34.2 Å². The first-order valence-corrected chi connectivity index (χ1v) is 10.6. The lowest BCUT2D eigenvalue weighted by Gasteiger charge is -2.28. The molecule has 3 amide bonds. The molecule has 34 heavy (non-hydrogen) atoms. The summed E-state index contributed by atoms with van der Waals surface area (Å²) >= 11 is 0. The molecular weight excluding hydrogens is 452 g/mol. The highest BCUT2D eigenvalue weighted by Gasteiger charge is 2.33. The Balaban J connectivity index is 3.11. The lowest BCUT2D eigenvalue weighted by Crippen LogP contribution is -2.60. The van der Waals surface area contributed by atoms with Gasteiger partial charge < -0.3 is 42.0 Å². The number of amides is 3. The van der Waals surface area contributed by atoms with Crippen molar-refractivity contribution in [2.24, 2.45) is 11.7 Å². The first kappa shape index (κ1) is 28.5. The van der Waals surface area contributed by atoms with Crippen LogP contribution in [0.2, 0.25) is 0 Å². The molecule has 1 aromatic rings. The van der Waals surface area contributed by atoms with Gasteiger partial charge in [0.2, 0.25) is 17.7 Å². The minimum Gasteiger partial charge on any atom is -0.481 e. The normalized spacial score (nSPS) is 16.3. The second-order valence-electron chi connectivity index (χ2n) is 7.98. The van der Waals surface area contributed by atoms with Gasteiger partial charge in [0.15, 0.2) is 0 Å². The number of aliphatic hydroxyl groups excluding tert-OH is 1. The third-order valence-corrected chi connectivity index (χ3v) is 5.22. The van der Waals surface area contributed by atoms with Crippen LogP contribution in [0.3, 0.4) is 0 Å². The highest BCUT2D eigenvalue weighted by atomic mass is 16.4. The number of rotatable bonds is 14. The molecule has 1 aromatic heterocycles. The smallest absolute Gasteiger partial charge is 0.326 e. The molecule has 14 heteroatoms. The van der Waals surface area contributed by atoms with Gasteiger partial charge in [-0.1, -0.05) is 20.3 Å². The molecule has 0 aliphatic heterocycles. The van der Waals surface area contributed by atoms with E-state index < -0.39 is 66.4 Å². The van der Waals surface area contributed by atoms with Gasteiger partial charge in [0.1, 0.15) is 24.2 Å². The Kier molecular flexibility index (Phi) is 11.1. The molecule has 0 bridgehead atoms. The van der Waals surface area contributed by atoms with Crippen LogP contribution in [0.5, 0.6) is 0 Å². The zero-order chi connectivity index (χ0) is 26.0. The molecule has 190 valence electrons. The van der Waals surface area contributed by atoms with E-state index in [1.54, 1.807) is 13.8 Å². The number of nitrogens with zero attached hydrogens (tertiary/aromatic N) is 1. The topological polar surface area (TPSA) is 237 Å². The molecule has 0 spiro atoms. The number of aliphatic carboxylic acids is 2. The summed E-state index contributed by atoms with van der Waals surface area (Å²) in [6.07, 6.45) is 1.06. The summed E-state index contributed by atoms with van der Waals surface area (Å²) in [7, 11) is 0. The standard InChI is InChI=1S/C20H32N6O8/c1-4-9(2)16(26-18(31)15(21)10(3)27)19(32)24-12(5-11-7-22-8-23-11)17(30)25-13(20(33)34)6-14(28)29/h7-10,12-13,15-16,27H,4-6,21H2,1-3H3,(H,22,23)(H,24,32)(H,25,30)(H,26,31)(H,28,29)(H,33,34). The van der Waals surface area contributed by atoms with Crippen molar-refractivity contribution in [2.45, 2.75) is 70.3 Å². The molecule has 0 saturated heterocycles. The van der Waals surface area contributed by atoms with Crippen LogP contribution < -0.4 is 21.7 Å². The molecule has 0 saturated carbocycles. The monoisotopic (exact) mass is 484 g/mol. The predicted octanol–water partition coefficient (Wildman–Crippen LogP) is -2.28. The van der Waals surface area contributed by atoms with Crippen LogP contribution in [0.15, 0.2) is 12.5 Å². The van der Waals surface area contributed by atoms with Crippen molar-refractivity contribution in [3.8, 4) is 0 Å². The minimum absolute atomic E-state index is 0.120. The Hall–Kier alpha value is -3.52. The van der Waals surface area contributed by atoms with Crippen molar-refractivity contribution < 1.29 is 39.3 Å². The van der Waals surface area contributed by atoms with Crippen LogP contribution in [0.4, 0.5) is 0 Å². The second-order valence-corrected chi connectivity index (χ2v) is 7.98. The number of hydrogen-bond acceptors (Lipinski definition) is 8. The van der Waals surface area contributed by atoms with Gasteiger partial charge in [-0.25, -0.2) is 9.78 Å². The van der Waals surface area contributed by atoms with Gasteiger partial charge in [-0.3, -0.25) is 19.2 Å². The van der Waals surface area contributed by atoms with Crippen LogP contribution in [0, 0.1) is 5.92 Å². The molecule has 14 nitrogen and oxygen atoms in total. The zero-order valence-corrected chi connectivity index (χ0v) is 19.1. The number of carboxylic acids is 2. The summed E-state index contributed by atoms with van der Waals surface area (Å²) in [6, 6.07) is -5.44. The van der Waals surface area contributed by atoms with E-state index in [1.807, 2.05) is 0 Å². The fourth-order valence-corrected chi connectivity index (χ4v) is 2.90. The quantitative estimate of drug-likeness (QED) is 0.141. The molecule has 0 aromatic carbocycles. The van der Waals surface area contributed by atoms with Gasteiger partial charge >= 0.3 is 11.9 Å². The molecule has 6 atom stereocenters. The minimum atomic E-state index is -1.72. The highest BCUT2D eigenvalue weighted by Crippen LogP contribution is 2.10. The van der Waals surface area contributed by atoms with Gasteiger partial charge in [0.25, 0.3) is 0 Å². The number of nitrogens with one attached hydrogen (secondary N) is 4. The summed E-state index contributed by atoms with van der Waals surface area (Å²) in [4.78, 5) is 67.1. The van der Waals surface area contributed by atoms with Crippen molar-refractivity contribution in [1.82, 2.24) is 25.9 Å². The fourth-order valence-electron chi connectivity index (χ4n) is 2.90. The van der Waals surface area contributed by atoms with Crippen LogP contribution in [0.1, 0.15) is 39.3 Å². The van der Waals surface area contributed by atoms with Crippen molar-refractivity contribution >= 4 is 29.7 Å². The zero-order valence-electron chi connectivity index (χ0n) is 19.1. The third-order valence-electron chi connectivity index (χ3n) is 5.22. The number of aliphatic hydroxyl groups is 1. The van der Waals surface area contributed by atoms with E-state index in [2.05, 4.69) is 25.9 Å². The lowest BCUT2D eigenvalue weighted by atomic mass is 9.97. The van der Waals surface area contributed by atoms with E-state index in [4.69, 9.17) is 10.8 Å². The van der Waals surface area contributed by atoms with Crippen molar-refractivity contribution in [3.05, 3.63) is 18.2 Å². The molecule has 1 heterocycles. The van der Waals surface area contributed by atoms with Crippen LogP contribution in [0.25, 0.3) is 0 Å². The average Bonchev–Trinajstić information content (AvgIpc) is 3.27. The van der Waals surface area contributed by atoms with E-state index >= 15 is 0 Å². The number of aromatic amines is 1. The molecule has 9 N–H and O–H groups in total. The van der Waals surface area contributed by atoms with Gasteiger partial charge in [-0.2, -0.15) is 0 Å². The second kappa shape index (κ2) is 13.3. The highest BCUT2D eigenvalue weighted by molar-refractivity contribution is 5.95. The number of nitrogens with two attached hydrogens (primary N) is 1. The fraction of sp³-hybridized carbons (Fsp3) is 0.600. The van der Waals surface area contributed by atoms with Gasteiger partial charge in [-0.05, 0) is 12.8 Å². The van der Waals surface area contributed by atoms with Crippen LogP contribution in [-0.4, -0.2) is 85.2 Å². The Morgan fingerprint density at radius 3 is 2.12 bits per heavy atom. The van der Waals surface area contributed by atoms with E-state index in [0.29, 0.717) is 12.1 Å². The summed E-state index contributed by atoms with van der Waals surface area (Å²) in [5.74, 6) is -5.83. The molecule has 0 aliphatic rings. The van der Waals surface area contributed by atoms with E-state index in [-0.39, 0.29) is 12.3 Å². The molecule has 0 aliphatic carbocycles. The van der Waals surface area contributed by atoms with Gasteiger partial charge in [0.05, 0.1) is 18.9 Å². The van der Waals surface area contributed by atoms with E-state index in [0.717, 1.165) is 0 Å². The predicted molar refractivity (Wildman–Crippen MR) is 117 cm³/mol. The Morgan fingerprint density at radius 2 is 1.65 bits per heavy atom. The average molecular weight is 485 g/mol. The van der Waals surface area contributed by atoms with Crippen molar-refractivity contribution in [1.29, 1.82) is 0 Å². The molecule has 0 fully saturated rings. The maximum Gasteiger partial charge on any atom is 0.326 e. The molecule has 6 unspecified atom stereocenters. The van der Waals surface area contributed by atoms with Gasteiger partial charge in [-0.15, -0.1) is 0 Å². The summed E-state index contributed by atoms with van der Waals surface area (Å²) in [6.45, 7) is 4.79. The van der Waals surface area contributed by atoms with E-state index in [1.165, 1.54) is 19.4 Å². The lowest BCUT2D eigenvalue weighted by molar-refractivity contribution is -0.147. The summed E-state index contributed by atoms with van der Waals surface area (Å²) in [5.41, 5.74) is 6.08. The van der Waals surface area contributed by atoms with Crippen LogP contribution in [-0.2, 0) is 30.4 Å². The number of hydrogen-bond donors (Lipinski definition) is 8. The van der Waals surface area contributed by atoms with Crippen LogP contribution >= 0.6 is 0 Å². The number of H-pyrrole nitrogens is 1. The first-order chi connectivity index (χ1) is 15.9. The number of imidazole rings is 1. The molecular formula is C20H32N6O8. The number of aromatic nitrogens is 2. The number of carboxylic acid groups (broad SMARTS) is 2. The maximum atomic E-state index is 13.1. The molecule has 0 radical (unpaired) electrons. The van der Waals surface area contributed by atoms with Crippen molar-refractivity contribution in [3.63, 3.8) is 0 Å².